The molecular weight excluding hydrogens is 304 g/mol. The highest BCUT2D eigenvalue weighted by molar-refractivity contribution is 7.89. The van der Waals surface area contributed by atoms with Gasteiger partial charge >= 0.3 is 0 Å². The first-order chi connectivity index (χ1) is 9.98. The number of thiophene rings is 1. The second kappa shape index (κ2) is 6.39. The standard InChI is InChI=1S/C15H16N2O2S2/c1-3-17(11-14-5-4-8-20-14)21(18,19)15-9-13(10-16)7-6-12(15)2/h4-9H,3,11H2,1-2H3. The Hall–Kier alpha value is -1.68. The average molecular weight is 320 g/mol. The van der Waals surface area contributed by atoms with E-state index in [4.69, 9.17) is 5.26 Å². The van der Waals surface area contributed by atoms with Crippen LogP contribution in [0.3, 0.4) is 0 Å². The first kappa shape index (κ1) is 15.7. The Balaban J connectivity index is 2.42. The summed E-state index contributed by atoms with van der Waals surface area (Å²) in [6.45, 7) is 4.30. The van der Waals surface area contributed by atoms with Gasteiger partial charge in [-0.2, -0.15) is 9.57 Å². The zero-order valence-electron chi connectivity index (χ0n) is 11.9. The highest BCUT2D eigenvalue weighted by atomic mass is 32.2. The fourth-order valence-corrected chi connectivity index (χ4v) is 4.51. The van der Waals surface area contributed by atoms with E-state index >= 15 is 0 Å². The minimum atomic E-state index is -3.60. The average Bonchev–Trinajstić information content (AvgIpc) is 2.98. The van der Waals surface area contributed by atoms with Crippen molar-refractivity contribution in [3.05, 3.63) is 51.7 Å². The fraction of sp³-hybridized carbons (Fsp3) is 0.267. The van der Waals surface area contributed by atoms with Gasteiger partial charge in [0, 0.05) is 18.0 Å². The first-order valence-electron chi connectivity index (χ1n) is 6.52. The van der Waals surface area contributed by atoms with Crippen molar-refractivity contribution in [1.82, 2.24) is 4.31 Å². The second-order valence-corrected chi connectivity index (χ2v) is 7.54. The summed E-state index contributed by atoms with van der Waals surface area (Å²) < 4.78 is 27.0. The summed E-state index contributed by atoms with van der Waals surface area (Å²) in [6.07, 6.45) is 0. The molecule has 0 saturated heterocycles. The molecule has 0 atom stereocenters. The maximum absolute atomic E-state index is 12.8. The number of hydrogen-bond donors (Lipinski definition) is 0. The summed E-state index contributed by atoms with van der Waals surface area (Å²) in [6, 6.07) is 10.6. The summed E-state index contributed by atoms with van der Waals surface area (Å²) in [5.74, 6) is 0. The summed E-state index contributed by atoms with van der Waals surface area (Å²) in [4.78, 5) is 1.20. The van der Waals surface area contributed by atoms with Gasteiger partial charge in [-0.05, 0) is 36.1 Å². The normalized spacial score (nSPS) is 11.5. The lowest BCUT2D eigenvalue weighted by molar-refractivity contribution is 0.426. The molecule has 0 radical (unpaired) electrons. The summed E-state index contributed by atoms with van der Waals surface area (Å²) >= 11 is 1.53. The molecule has 1 heterocycles. The minimum absolute atomic E-state index is 0.208. The van der Waals surface area contributed by atoms with Crippen molar-refractivity contribution in [2.75, 3.05) is 6.54 Å². The largest absolute Gasteiger partial charge is 0.243 e. The lowest BCUT2D eigenvalue weighted by atomic mass is 10.2. The van der Waals surface area contributed by atoms with Crippen LogP contribution in [-0.2, 0) is 16.6 Å². The lowest BCUT2D eigenvalue weighted by Gasteiger charge is -2.21. The van der Waals surface area contributed by atoms with Crippen LogP contribution in [0, 0.1) is 18.3 Å². The molecule has 21 heavy (non-hydrogen) atoms. The van der Waals surface area contributed by atoms with Gasteiger partial charge in [0.25, 0.3) is 0 Å². The van der Waals surface area contributed by atoms with Crippen molar-refractivity contribution in [2.45, 2.75) is 25.3 Å². The van der Waals surface area contributed by atoms with Gasteiger partial charge in [-0.1, -0.05) is 19.1 Å². The molecule has 0 aliphatic heterocycles. The van der Waals surface area contributed by atoms with E-state index in [1.165, 1.54) is 21.7 Å². The maximum atomic E-state index is 12.8. The van der Waals surface area contributed by atoms with Crippen LogP contribution in [-0.4, -0.2) is 19.3 Å². The molecule has 0 spiro atoms. The topological polar surface area (TPSA) is 61.2 Å². The summed E-state index contributed by atoms with van der Waals surface area (Å²) in [7, 11) is -3.60. The smallest absolute Gasteiger partial charge is 0.207 e. The van der Waals surface area contributed by atoms with E-state index in [0.29, 0.717) is 24.2 Å². The van der Waals surface area contributed by atoms with Crippen molar-refractivity contribution >= 4 is 21.4 Å². The lowest BCUT2D eigenvalue weighted by Crippen LogP contribution is -2.30. The Morgan fingerprint density at radius 3 is 2.67 bits per heavy atom. The Morgan fingerprint density at radius 2 is 2.10 bits per heavy atom. The monoisotopic (exact) mass is 320 g/mol. The van der Waals surface area contributed by atoms with Crippen LogP contribution in [0.1, 0.15) is 22.9 Å². The highest BCUT2D eigenvalue weighted by Gasteiger charge is 2.25. The van der Waals surface area contributed by atoms with E-state index in [9.17, 15) is 8.42 Å². The van der Waals surface area contributed by atoms with Crippen LogP contribution in [0.4, 0.5) is 0 Å². The molecule has 0 aliphatic rings. The number of rotatable bonds is 5. The Morgan fingerprint density at radius 1 is 1.33 bits per heavy atom. The molecule has 0 amide bonds. The van der Waals surface area contributed by atoms with Gasteiger partial charge in [0.2, 0.25) is 10.0 Å². The Kier molecular flexibility index (Phi) is 4.78. The Labute approximate surface area is 129 Å². The van der Waals surface area contributed by atoms with Crippen molar-refractivity contribution in [3.63, 3.8) is 0 Å². The zero-order chi connectivity index (χ0) is 15.5. The highest BCUT2D eigenvalue weighted by Crippen LogP contribution is 2.23. The van der Waals surface area contributed by atoms with E-state index in [-0.39, 0.29) is 4.90 Å². The molecule has 4 nitrogen and oxygen atoms in total. The first-order valence-corrected chi connectivity index (χ1v) is 8.84. The van der Waals surface area contributed by atoms with Crippen LogP contribution in [0.15, 0.2) is 40.6 Å². The van der Waals surface area contributed by atoms with Gasteiger partial charge < -0.3 is 0 Å². The van der Waals surface area contributed by atoms with Crippen molar-refractivity contribution < 1.29 is 8.42 Å². The van der Waals surface area contributed by atoms with Crippen LogP contribution in [0.5, 0.6) is 0 Å². The molecule has 0 unspecified atom stereocenters. The zero-order valence-corrected chi connectivity index (χ0v) is 13.5. The quantitative estimate of drug-likeness (QED) is 0.850. The molecule has 0 aliphatic carbocycles. The molecule has 0 saturated carbocycles. The van der Waals surface area contributed by atoms with Crippen molar-refractivity contribution in [2.24, 2.45) is 0 Å². The number of benzene rings is 1. The van der Waals surface area contributed by atoms with E-state index in [0.717, 1.165) is 4.88 Å². The van der Waals surface area contributed by atoms with E-state index in [2.05, 4.69) is 0 Å². The van der Waals surface area contributed by atoms with Crippen molar-refractivity contribution in [3.8, 4) is 6.07 Å². The molecule has 6 heteroatoms. The molecule has 2 rings (SSSR count). The molecule has 0 bridgehead atoms. The predicted octanol–water partition coefficient (Wildman–Crippen LogP) is 3.14. The number of sulfonamides is 1. The second-order valence-electron chi connectivity index (χ2n) is 4.60. The number of nitriles is 1. The van der Waals surface area contributed by atoms with Gasteiger partial charge in [-0.25, -0.2) is 8.42 Å². The van der Waals surface area contributed by atoms with Gasteiger partial charge in [-0.3, -0.25) is 0 Å². The minimum Gasteiger partial charge on any atom is -0.207 e. The number of aryl methyl sites for hydroxylation is 1. The van der Waals surface area contributed by atoms with Gasteiger partial charge in [-0.15, -0.1) is 11.3 Å². The molecule has 0 fully saturated rings. The maximum Gasteiger partial charge on any atom is 0.243 e. The molecule has 110 valence electrons. The third kappa shape index (κ3) is 3.32. The molecule has 2 aromatic rings. The van der Waals surface area contributed by atoms with Crippen LogP contribution < -0.4 is 0 Å². The number of hydrogen-bond acceptors (Lipinski definition) is 4. The van der Waals surface area contributed by atoms with E-state index < -0.39 is 10.0 Å². The fourth-order valence-electron chi connectivity index (χ4n) is 2.03. The van der Waals surface area contributed by atoms with Crippen LogP contribution in [0.2, 0.25) is 0 Å². The van der Waals surface area contributed by atoms with Gasteiger partial charge in [0.05, 0.1) is 16.5 Å². The summed E-state index contributed by atoms with van der Waals surface area (Å²) in [5, 5.41) is 10.9. The van der Waals surface area contributed by atoms with E-state index in [1.807, 2.05) is 30.5 Å². The van der Waals surface area contributed by atoms with Crippen LogP contribution >= 0.6 is 11.3 Å². The summed E-state index contributed by atoms with van der Waals surface area (Å²) in [5.41, 5.74) is 1.00. The number of nitrogens with zero attached hydrogens (tertiary/aromatic N) is 2. The van der Waals surface area contributed by atoms with Gasteiger partial charge in [0.15, 0.2) is 0 Å². The van der Waals surface area contributed by atoms with E-state index in [1.54, 1.807) is 19.1 Å². The van der Waals surface area contributed by atoms with Gasteiger partial charge in [0.1, 0.15) is 0 Å². The third-order valence-electron chi connectivity index (χ3n) is 3.20. The van der Waals surface area contributed by atoms with Crippen LogP contribution in [0.25, 0.3) is 0 Å². The molecule has 1 aromatic heterocycles. The Bertz CT molecular complexity index is 759. The SMILES string of the molecule is CCN(Cc1cccs1)S(=O)(=O)c1cc(C#N)ccc1C. The third-order valence-corrected chi connectivity index (χ3v) is 6.12. The van der Waals surface area contributed by atoms with Crippen molar-refractivity contribution in [1.29, 1.82) is 5.26 Å². The molecule has 0 N–H and O–H groups in total. The molecular formula is C15H16N2O2S2. The molecule has 1 aromatic carbocycles. The predicted molar refractivity (Wildman–Crippen MR) is 83.5 cm³/mol.